The third kappa shape index (κ3) is 5.83. The van der Waals surface area contributed by atoms with Gasteiger partial charge in [-0.2, -0.15) is 13.2 Å². The minimum Gasteiger partial charge on any atom is -0.374 e. The molecule has 3 N–H and O–H groups in total. The molecule has 0 saturated carbocycles. The zero-order valence-corrected chi connectivity index (χ0v) is 19.0. The van der Waals surface area contributed by atoms with Gasteiger partial charge in [0.05, 0.1) is 6.04 Å². The molecule has 2 rings (SSSR count). The van der Waals surface area contributed by atoms with Crippen molar-refractivity contribution in [3.8, 4) is 0 Å². The van der Waals surface area contributed by atoms with E-state index in [9.17, 15) is 18.3 Å². The summed E-state index contributed by atoms with van der Waals surface area (Å²) in [6.07, 6.45) is -2.91. The zero-order valence-electron chi connectivity index (χ0n) is 15.8. The lowest BCUT2D eigenvalue weighted by Gasteiger charge is -2.29. The molecule has 2 aromatic rings. The zero-order chi connectivity index (χ0) is 20.1. The molecule has 0 aliphatic heterocycles. The molecule has 158 valence electrons. The topological polar surface area (TPSA) is 74.5 Å². The van der Waals surface area contributed by atoms with Crippen molar-refractivity contribution >= 4 is 41.3 Å². The second-order valence-electron chi connectivity index (χ2n) is 6.11. The summed E-state index contributed by atoms with van der Waals surface area (Å²) in [4.78, 5) is 8.97. The molecule has 11 heteroatoms. The maximum atomic E-state index is 13.5. The van der Waals surface area contributed by atoms with Crippen LogP contribution in [-0.4, -0.2) is 39.9 Å². The van der Waals surface area contributed by atoms with Gasteiger partial charge in [-0.15, -0.1) is 35.3 Å². The highest BCUT2D eigenvalue weighted by Crippen LogP contribution is 2.40. The number of hydrogen-bond acceptors (Lipinski definition) is 4. The molecule has 2 atom stereocenters. The molecule has 0 amide bonds. The number of nitrogens with zero attached hydrogens (tertiary/aromatic N) is 3. The Kier molecular flexibility index (Phi) is 9.21. The molecular formula is C17H25F3IN5OS. The minimum atomic E-state index is -4.86. The Hall–Kier alpha value is -1.34. The molecule has 0 radical (unpaired) electrons. The van der Waals surface area contributed by atoms with Gasteiger partial charge in [0, 0.05) is 43.8 Å². The number of thiophene rings is 1. The molecule has 2 aromatic heterocycles. The number of guanidine groups is 1. The van der Waals surface area contributed by atoms with Crippen molar-refractivity contribution in [2.45, 2.75) is 38.1 Å². The third-order valence-corrected chi connectivity index (χ3v) is 5.13. The van der Waals surface area contributed by atoms with E-state index in [0.717, 1.165) is 4.88 Å². The number of aromatic nitrogens is 2. The summed E-state index contributed by atoms with van der Waals surface area (Å²) in [7, 11) is 1.41. The fourth-order valence-electron chi connectivity index (χ4n) is 2.61. The molecule has 0 aromatic carbocycles. The van der Waals surface area contributed by atoms with Gasteiger partial charge in [-0.25, -0.2) is 4.98 Å². The van der Waals surface area contributed by atoms with Crippen LogP contribution in [0.25, 0.3) is 0 Å². The molecule has 0 fully saturated rings. The second kappa shape index (κ2) is 10.4. The normalized spacial score (nSPS) is 15.5. The summed E-state index contributed by atoms with van der Waals surface area (Å²) in [5.74, 6) is -0.0575. The average molecular weight is 531 g/mol. The van der Waals surface area contributed by atoms with Crippen LogP contribution in [-0.2, 0) is 12.6 Å². The number of halogens is 4. The predicted octanol–water partition coefficient (Wildman–Crippen LogP) is 3.56. The molecule has 2 unspecified atom stereocenters. The minimum absolute atomic E-state index is 0. The van der Waals surface area contributed by atoms with Gasteiger partial charge in [0.25, 0.3) is 0 Å². The molecule has 0 spiro atoms. The van der Waals surface area contributed by atoms with Crippen LogP contribution < -0.4 is 10.6 Å². The first-order valence-electron chi connectivity index (χ1n) is 8.54. The number of hydrogen-bond donors (Lipinski definition) is 3. The largest absolute Gasteiger partial charge is 0.424 e. The van der Waals surface area contributed by atoms with E-state index >= 15 is 0 Å². The number of aliphatic hydroxyl groups is 1. The Morgan fingerprint density at radius 3 is 2.64 bits per heavy atom. The summed E-state index contributed by atoms with van der Waals surface area (Å²) in [6.45, 7) is 4.15. The van der Waals surface area contributed by atoms with E-state index in [1.54, 1.807) is 11.3 Å². The SMILES string of the molecule is CCNC(=NCCC(O)(c1nccn1C)C(F)(F)F)NC(C)c1cccs1.I. The first kappa shape index (κ1) is 24.7. The van der Waals surface area contributed by atoms with Gasteiger partial charge >= 0.3 is 6.18 Å². The molecule has 6 nitrogen and oxygen atoms in total. The molecule has 28 heavy (non-hydrogen) atoms. The predicted molar refractivity (Wildman–Crippen MR) is 115 cm³/mol. The van der Waals surface area contributed by atoms with Gasteiger partial charge in [0.2, 0.25) is 5.60 Å². The van der Waals surface area contributed by atoms with Crippen molar-refractivity contribution in [1.82, 2.24) is 20.2 Å². The maximum Gasteiger partial charge on any atom is 0.424 e. The van der Waals surface area contributed by atoms with Gasteiger partial charge in [0.1, 0.15) is 5.82 Å². The molecular weight excluding hydrogens is 506 g/mol. The van der Waals surface area contributed by atoms with Crippen molar-refractivity contribution in [2.24, 2.45) is 12.0 Å². The summed E-state index contributed by atoms with van der Waals surface area (Å²) in [5.41, 5.74) is -3.06. The highest BCUT2D eigenvalue weighted by atomic mass is 127. The van der Waals surface area contributed by atoms with Crippen molar-refractivity contribution in [2.75, 3.05) is 13.1 Å². The van der Waals surface area contributed by atoms with Crippen LogP contribution in [0.3, 0.4) is 0 Å². The van der Waals surface area contributed by atoms with Gasteiger partial charge in [-0.05, 0) is 25.3 Å². The Morgan fingerprint density at radius 1 is 1.43 bits per heavy atom. The van der Waals surface area contributed by atoms with E-state index in [1.165, 1.54) is 24.0 Å². The third-order valence-electron chi connectivity index (χ3n) is 4.07. The lowest BCUT2D eigenvalue weighted by molar-refractivity contribution is -0.272. The molecule has 0 aliphatic carbocycles. The molecule has 0 aliphatic rings. The van der Waals surface area contributed by atoms with Crippen LogP contribution in [0.15, 0.2) is 34.9 Å². The fraction of sp³-hybridized carbons (Fsp3) is 0.529. The van der Waals surface area contributed by atoms with Crippen LogP contribution in [0.2, 0.25) is 0 Å². The van der Waals surface area contributed by atoms with E-state index in [1.807, 2.05) is 31.4 Å². The Bertz CT molecular complexity index is 750. The lowest BCUT2D eigenvalue weighted by atomic mass is 9.98. The summed E-state index contributed by atoms with van der Waals surface area (Å²) < 4.78 is 41.8. The number of nitrogens with one attached hydrogen (secondary N) is 2. The Balaban J connectivity index is 0.00000392. The molecule has 0 bridgehead atoms. The summed E-state index contributed by atoms with van der Waals surface area (Å²) in [6, 6.07) is 3.85. The highest BCUT2D eigenvalue weighted by molar-refractivity contribution is 14.0. The van der Waals surface area contributed by atoms with E-state index in [2.05, 4.69) is 20.6 Å². The van der Waals surface area contributed by atoms with Crippen LogP contribution in [0.4, 0.5) is 13.2 Å². The van der Waals surface area contributed by atoms with Crippen molar-refractivity contribution < 1.29 is 18.3 Å². The maximum absolute atomic E-state index is 13.5. The van der Waals surface area contributed by atoms with Gasteiger partial charge < -0.3 is 20.3 Å². The smallest absolute Gasteiger partial charge is 0.374 e. The lowest BCUT2D eigenvalue weighted by Crippen LogP contribution is -2.45. The molecule has 0 saturated heterocycles. The van der Waals surface area contributed by atoms with Crippen molar-refractivity contribution in [1.29, 1.82) is 0 Å². The number of alkyl halides is 3. The first-order valence-corrected chi connectivity index (χ1v) is 9.42. The number of aliphatic imine (C=N–C) groups is 1. The second-order valence-corrected chi connectivity index (χ2v) is 7.09. The van der Waals surface area contributed by atoms with Crippen LogP contribution in [0.1, 0.15) is 37.0 Å². The Morgan fingerprint density at radius 2 is 2.14 bits per heavy atom. The van der Waals surface area contributed by atoms with Crippen LogP contribution in [0, 0.1) is 0 Å². The van der Waals surface area contributed by atoms with E-state index in [-0.39, 0.29) is 36.6 Å². The van der Waals surface area contributed by atoms with Gasteiger partial charge in [-0.1, -0.05) is 6.07 Å². The monoisotopic (exact) mass is 531 g/mol. The summed E-state index contributed by atoms with van der Waals surface area (Å²) >= 11 is 1.58. The van der Waals surface area contributed by atoms with Crippen molar-refractivity contribution in [3.63, 3.8) is 0 Å². The van der Waals surface area contributed by atoms with E-state index in [0.29, 0.717) is 12.5 Å². The van der Waals surface area contributed by atoms with E-state index < -0.39 is 24.0 Å². The fourth-order valence-corrected chi connectivity index (χ4v) is 3.34. The quantitative estimate of drug-likeness (QED) is 0.290. The van der Waals surface area contributed by atoms with Crippen LogP contribution in [0.5, 0.6) is 0 Å². The van der Waals surface area contributed by atoms with Crippen molar-refractivity contribution in [3.05, 3.63) is 40.6 Å². The standard InChI is InChI=1S/C17H24F3N5OS.HI/c1-4-21-15(24-12(2)13-6-5-11-27-13)23-8-7-16(26,17(18,19)20)14-22-9-10-25(14)3;/h5-6,9-12,26H,4,7-8H2,1-3H3,(H2,21,23,24);1H. The van der Waals surface area contributed by atoms with Gasteiger partial charge in [-0.3, -0.25) is 4.99 Å². The Labute approximate surface area is 183 Å². The number of aryl methyl sites for hydroxylation is 1. The van der Waals surface area contributed by atoms with Gasteiger partial charge in [0.15, 0.2) is 5.96 Å². The first-order chi connectivity index (χ1) is 12.7. The average Bonchev–Trinajstić information content (AvgIpc) is 3.25. The van der Waals surface area contributed by atoms with Crippen LogP contribution >= 0.6 is 35.3 Å². The number of rotatable bonds is 7. The molecule has 2 heterocycles. The number of imidazole rings is 1. The highest BCUT2D eigenvalue weighted by Gasteiger charge is 2.57. The van der Waals surface area contributed by atoms with E-state index in [4.69, 9.17) is 0 Å². The summed E-state index contributed by atoms with van der Waals surface area (Å²) in [5, 5.41) is 18.5.